The molecule has 0 aromatic heterocycles. The van der Waals surface area contributed by atoms with Crippen LogP contribution in [-0.4, -0.2) is 11.5 Å². The van der Waals surface area contributed by atoms with Crippen molar-refractivity contribution >= 4 is 90.4 Å². The molecule has 0 saturated heterocycles. The van der Waals surface area contributed by atoms with E-state index in [9.17, 15) is 0 Å². The maximum atomic E-state index is 6.09. The number of halogens is 4. The average molecular weight is 770 g/mol. The van der Waals surface area contributed by atoms with Gasteiger partial charge in [-0.15, -0.1) is 12.1 Å². The summed E-state index contributed by atoms with van der Waals surface area (Å²) in [4.78, 5) is 0. The number of rotatable bonds is 4. The minimum absolute atomic E-state index is 0. The molecule has 2 aromatic rings. The van der Waals surface area contributed by atoms with Gasteiger partial charge in [0.1, 0.15) is 0 Å². The van der Waals surface area contributed by atoms with E-state index in [1.54, 1.807) is 0 Å². The summed E-state index contributed by atoms with van der Waals surface area (Å²) in [5.74, 6) is 1.75. The van der Waals surface area contributed by atoms with E-state index in [4.69, 9.17) is 10.5 Å². The molecule has 0 bridgehead atoms. The van der Waals surface area contributed by atoms with Crippen molar-refractivity contribution < 1.29 is 39.8 Å². The molecule has 0 heterocycles. The first-order valence-corrected chi connectivity index (χ1v) is 10.5. The third-order valence-electron chi connectivity index (χ3n) is 2.61. The maximum absolute atomic E-state index is 6.09. The summed E-state index contributed by atoms with van der Waals surface area (Å²) in [5, 5.41) is 0. The van der Waals surface area contributed by atoms with Gasteiger partial charge in [0.2, 0.25) is 0 Å². The zero-order valence-corrected chi connectivity index (χ0v) is 23.2. The molecule has 0 fully saturated rings. The molecule has 0 spiro atoms. The van der Waals surface area contributed by atoms with E-state index in [1.807, 2.05) is 19.1 Å². The van der Waals surface area contributed by atoms with E-state index in [-0.39, 0.29) is 41.1 Å². The Kier molecular flexibility index (Phi) is 12.8. The van der Waals surface area contributed by atoms with Crippen molar-refractivity contribution in [3.63, 3.8) is 0 Å². The van der Waals surface area contributed by atoms with Crippen molar-refractivity contribution in [2.75, 3.05) is 0 Å². The third-order valence-corrected chi connectivity index (χ3v) is 5.38. The number of benzene rings is 2. The van der Waals surface area contributed by atoms with Gasteiger partial charge in [-0.05, 0) is 76.2 Å². The fourth-order valence-electron chi connectivity index (χ4n) is 1.85. The van der Waals surface area contributed by atoms with E-state index < -0.39 is 0 Å². The second-order valence-electron chi connectivity index (χ2n) is 4.68. The summed E-state index contributed by atoms with van der Waals surface area (Å²) in [7, 11) is 0. The number of ether oxygens (including phenoxy) is 1. The van der Waals surface area contributed by atoms with E-state index in [2.05, 4.69) is 109 Å². The summed E-state index contributed by atoms with van der Waals surface area (Å²) in [5.41, 5.74) is 7.13. The average Bonchev–Trinajstić information content (AvgIpc) is 2.31. The Labute approximate surface area is 213 Å². The molecular weight excluding hydrogens is 757 g/mol. The van der Waals surface area contributed by atoms with E-state index in [1.165, 1.54) is 5.56 Å². The largest absolute Gasteiger partial charge is 1.00 e. The van der Waals surface area contributed by atoms with Crippen LogP contribution in [0.4, 0.5) is 0 Å². The van der Waals surface area contributed by atoms with E-state index in [0.29, 0.717) is 0 Å². The summed E-state index contributed by atoms with van der Waals surface area (Å²) < 4.78 is 10.4. The fraction of sp³-hybridized carbons (Fsp3) is 0.200. The van der Waals surface area contributed by atoms with Gasteiger partial charge in [-0.1, -0.05) is 52.3 Å². The van der Waals surface area contributed by atoms with Crippen LogP contribution in [0, 0.1) is 20.3 Å². The number of hydrogen-bond acceptors (Lipinski definition) is 3. The van der Waals surface area contributed by atoms with Crippen LogP contribution < -0.4 is 40.0 Å². The van der Waals surface area contributed by atoms with Crippen LogP contribution in [0.1, 0.15) is 12.5 Å². The second-order valence-corrected chi connectivity index (χ2v) is 9.33. The van der Waals surface area contributed by atoms with Crippen LogP contribution in [-0.2, 0) is 6.42 Å². The Bertz CT molecular complexity index is 625. The Morgan fingerprint density at radius 1 is 1.04 bits per heavy atom. The normalized spacial score (nSPS) is 11.2. The molecule has 1 atom stereocenters. The Balaban J connectivity index is 0.00000242. The summed E-state index contributed by atoms with van der Waals surface area (Å²) >= 11 is 9.14. The van der Waals surface area contributed by atoms with Gasteiger partial charge in [-0.25, -0.2) is 0 Å². The predicted molar refractivity (Wildman–Crippen MR) is 122 cm³/mol. The van der Waals surface area contributed by atoms with Crippen molar-refractivity contribution in [2.24, 2.45) is 5.73 Å². The smallest absolute Gasteiger partial charge is 0.870 e. The topological polar surface area (TPSA) is 65.2 Å². The van der Waals surface area contributed by atoms with Crippen LogP contribution in [0.3, 0.4) is 0 Å². The molecule has 0 aliphatic carbocycles. The molecule has 0 unspecified atom stereocenters. The predicted octanol–water partition coefficient (Wildman–Crippen LogP) is 2.41. The monoisotopic (exact) mass is 770 g/mol. The first-order chi connectivity index (χ1) is 9.85. The Morgan fingerprint density at radius 2 is 1.52 bits per heavy atom. The van der Waals surface area contributed by atoms with Gasteiger partial charge < -0.3 is 15.9 Å². The van der Waals surface area contributed by atoms with Crippen LogP contribution in [0.2, 0.25) is 0 Å². The van der Waals surface area contributed by atoms with Crippen LogP contribution in [0.5, 0.6) is 11.5 Å². The number of nitrogens with two attached hydrogens (primary N) is 1. The summed E-state index contributed by atoms with van der Waals surface area (Å²) in [6.45, 7) is 2.02. The molecular formula is C15H13I4NNaO2-. The van der Waals surface area contributed by atoms with Crippen LogP contribution in [0.25, 0.3) is 0 Å². The minimum Gasteiger partial charge on any atom is -0.870 e. The summed E-state index contributed by atoms with van der Waals surface area (Å²) in [6.07, 6.45) is 0.877. The number of hydrogen-bond donors (Lipinski definition) is 1. The SMILES string of the molecule is C[C@@H](N)Cc1cc(I)c(Oc2cc(I)[c-]c(I)c2)c(I)c1.[Na+].[OH-]. The Hall–Kier alpha value is 2.08. The van der Waals surface area contributed by atoms with Gasteiger partial charge in [-0.2, -0.15) is 6.07 Å². The van der Waals surface area contributed by atoms with Crippen molar-refractivity contribution in [2.45, 2.75) is 19.4 Å². The zero-order valence-electron chi connectivity index (χ0n) is 12.5. The molecule has 0 saturated carbocycles. The van der Waals surface area contributed by atoms with Crippen LogP contribution in [0.15, 0.2) is 24.3 Å². The standard InChI is InChI=1S/C15H12I4NO.Na.H2O/c1-8(20)2-9-3-13(18)15(14(19)4-9)21-12-6-10(16)5-11(17)7-12;;/h3-4,6-8H,2,20H2,1H3;;1H2/q-1;+1;/p-1/t8-;;/m1../s1. The first-order valence-electron chi connectivity index (χ1n) is 6.15. The van der Waals surface area contributed by atoms with Crippen molar-refractivity contribution in [3.8, 4) is 11.5 Å². The summed E-state index contributed by atoms with van der Waals surface area (Å²) in [6, 6.07) is 11.7. The molecule has 3 N–H and O–H groups in total. The van der Waals surface area contributed by atoms with Gasteiger partial charge in [0.25, 0.3) is 0 Å². The molecule has 23 heavy (non-hydrogen) atoms. The molecule has 8 heteroatoms. The van der Waals surface area contributed by atoms with Gasteiger partial charge >= 0.3 is 29.6 Å². The molecule has 0 radical (unpaired) electrons. The van der Waals surface area contributed by atoms with Gasteiger partial charge in [0, 0.05) is 11.8 Å². The third kappa shape index (κ3) is 8.10. The van der Waals surface area contributed by atoms with Gasteiger partial charge in [-0.3, -0.25) is 0 Å². The molecule has 0 amide bonds. The second kappa shape index (κ2) is 11.7. The van der Waals surface area contributed by atoms with Gasteiger partial charge in [0.15, 0.2) is 5.75 Å². The van der Waals surface area contributed by atoms with Gasteiger partial charge in [0.05, 0.1) is 7.14 Å². The van der Waals surface area contributed by atoms with E-state index in [0.717, 1.165) is 32.2 Å². The molecule has 2 rings (SSSR count). The molecule has 0 aliphatic heterocycles. The van der Waals surface area contributed by atoms with Crippen LogP contribution >= 0.6 is 90.4 Å². The minimum atomic E-state index is 0. The quantitative estimate of drug-likeness (QED) is 0.296. The van der Waals surface area contributed by atoms with E-state index >= 15 is 0 Å². The zero-order chi connectivity index (χ0) is 15.6. The maximum Gasteiger partial charge on any atom is 1.00 e. The molecule has 120 valence electrons. The van der Waals surface area contributed by atoms with Crippen molar-refractivity contribution in [3.05, 3.63) is 50.2 Å². The van der Waals surface area contributed by atoms with Crippen molar-refractivity contribution in [1.29, 1.82) is 0 Å². The fourth-order valence-corrected chi connectivity index (χ4v) is 5.68. The Morgan fingerprint density at radius 3 is 1.96 bits per heavy atom. The molecule has 2 aromatic carbocycles. The molecule has 3 nitrogen and oxygen atoms in total. The molecule has 0 aliphatic rings. The van der Waals surface area contributed by atoms with Crippen molar-refractivity contribution in [1.82, 2.24) is 0 Å². The first kappa shape index (κ1) is 25.1.